The van der Waals surface area contributed by atoms with E-state index in [-0.39, 0.29) is 11.8 Å². The van der Waals surface area contributed by atoms with Gasteiger partial charge in [-0.1, -0.05) is 26.7 Å². The molecular weight excluding hydrogens is 370 g/mol. The monoisotopic (exact) mass is 399 g/mol. The second-order valence-electron chi connectivity index (χ2n) is 7.74. The van der Waals surface area contributed by atoms with E-state index in [0.717, 1.165) is 29.8 Å². The Morgan fingerprint density at radius 3 is 2.57 bits per heavy atom. The van der Waals surface area contributed by atoms with Crippen molar-refractivity contribution in [2.45, 2.75) is 46.1 Å². The van der Waals surface area contributed by atoms with Gasteiger partial charge in [0.1, 0.15) is 22.4 Å². The molecule has 0 radical (unpaired) electrons. The number of ether oxygens (including phenoxy) is 1. The molecule has 1 atom stereocenters. The van der Waals surface area contributed by atoms with E-state index in [1.807, 2.05) is 34.5 Å². The van der Waals surface area contributed by atoms with Crippen molar-refractivity contribution in [3.63, 3.8) is 0 Å². The van der Waals surface area contributed by atoms with Gasteiger partial charge in [-0.3, -0.25) is 5.41 Å². The number of nitrogens with one attached hydrogen (secondary N) is 1. The molecule has 0 aliphatic carbocycles. The van der Waals surface area contributed by atoms with Crippen LogP contribution >= 0.6 is 11.3 Å². The maximum atomic E-state index is 10.5. The summed E-state index contributed by atoms with van der Waals surface area (Å²) in [5.41, 5.74) is 2.41. The number of nitrogens with zero attached hydrogens (tertiary/aromatic N) is 2. The van der Waals surface area contributed by atoms with Crippen LogP contribution in [0.15, 0.2) is 35.4 Å². The average Bonchev–Trinajstić information content (AvgIpc) is 3.25. The number of aliphatic hydroxyl groups is 1. The highest BCUT2D eigenvalue weighted by atomic mass is 32.1. The molecule has 0 fully saturated rings. The lowest BCUT2D eigenvalue weighted by atomic mass is 10.0. The van der Waals surface area contributed by atoms with Crippen LogP contribution in [0.3, 0.4) is 0 Å². The second-order valence-corrected chi connectivity index (χ2v) is 8.60. The smallest absolute Gasteiger partial charge is 0.135 e. The Bertz CT molecular complexity index is 855. The van der Waals surface area contributed by atoms with Crippen LogP contribution in [0.2, 0.25) is 0 Å². The largest absolute Gasteiger partial charge is 0.510 e. The molecule has 2 N–H and O–H groups in total. The van der Waals surface area contributed by atoms with Gasteiger partial charge in [0.15, 0.2) is 0 Å². The zero-order chi connectivity index (χ0) is 20.3. The quantitative estimate of drug-likeness (QED) is 0.606. The van der Waals surface area contributed by atoms with Gasteiger partial charge in [0.05, 0.1) is 24.9 Å². The minimum atomic E-state index is 0.229. The van der Waals surface area contributed by atoms with Gasteiger partial charge in [-0.2, -0.15) is 0 Å². The third kappa shape index (κ3) is 4.38. The van der Waals surface area contributed by atoms with Gasteiger partial charge in [0.2, 0.25) is 0 Å². The predicted octanol–water partition coefficient (Wildman–Crippen LogP) is 5.60. The van der Waals surface area contributed by atoms with Gasteiger partial charge in [-0.25, -0.2) is 4.98 Å². The summed E-state index contributed by atoms with van der Waals surface area (Å²) in [6.45, 7) is 7.00. The average molecular weight is 400 g/mol. The van der Waals surface area contributed by atoms with Crippen LogP contribution in [0.25, 0.3) is 16.8 Å². The maximum Gasteiger partial charge on any atom is 0.135 e. The van der Waals surface area contributed by atoms with Crippen LogP contribution < -0.4 is 4.74 Å². The second kappa shape index (κ2) is 8.78. The van der Waals surface area contributed by atoms with E-state index in [4.69, 9.17) is 15.1 Å². The number of amidine groups is 1. The fourth-order valence-corrected chi connectivity index (χ4v) is 4.36. The third-order valence-electron chi connectivity index (χ3n) is 5.17. The molecule has 2 aromatic rings. The van der Waals surface area contributed by atoms with Crippen molar-refractivity contribution in [2.24, 2.45) is 5.92 Å². The Labute approximate surface area is 171 Å². The fraction of sp³-hybridized carbons (Fsp3) is 0.455. The van der Waals surface area contributed by atoms with Crippen LogP contribution in [0.1, 0.15) is 45.0 Å². The molecule has 0 unspecified atom stereocenters. The summed E-state index contributed by atoms with van der Waals surface area (Å²) in [5, 5.41) is 21.8. The summed E-state index contributed by atoms with van der Waals surface area (Å²) < 4.78 is 5.20. The van der Waals surface area contributed by atoms with Crippen LogP contribution in [0.5, 0.6) is 5.75 Å². The Kier molecular flexibility index (Phi) is 6.39. The zero-order valence-electron chi connectivity index (χ0n) is 17.0. The SMILES string of the molecule is COc1ccc(-c2csc(C3=C(O)CN([C@H](C)CCCC(C)C)C3=N)n2)cc1. The van der Waals surface area contributed by atoms with Crippen LogP contribution in [0.4, 0.5) is 0 Å². The molecule has 0 saturated heterocycles. The minimum Gasteiger partial charge on any atom is -0.510 e. The summed E-state index contributed by atoms with van der Waals surface area (Å²) in [6.07, 6.45) is 3.35. The molecular formula is C22H29N3O2S. The topological polar surface area (TPSA) is 69.4 Å². The highest BCUT2D eigenvalue weighted by Gasteiger charge is 2.32. The standard InChI is InChI=1S/C22H29N3O2S/c1-14(2)6-5-7-15(3)25-12-19(26)20(21(25)23)22-24-18(13-28-22)16-8-10-17(27-4)11-9-16/h8-11,13-15,23,26H,5-7,12H2,1-4H3/t15-/m1/s1. The maximum absolute atomic E-state index is 10.5. The molecule has 2 heterocycles. The molecule has 1 aliphatic rings. The van der Waals surface area contributed by atoms with E-state index in [0.29, 0.717) is 28.9 Å². The number of rotatable bonds is 8. The first kappa shape index (κ1) is 20.4. The summed E-state index contributed by atoms with van der Waals surface area (Å²) in [7, 11) is 1.65. The van der Waals surface area contributed by atoms with Crippen molar-refractivity contribution >= 4 is 22.7 Å². The van der Waals surface area contributed by atoms with Crippen molar-refractivity contribution in [1.82, 2.24) is 9.88 Å². The molecule has 0 amide bonds. The normalized spacial score (nSPS) is 15.6. The van der Waals surface area contributed by atoms with Gasteiger partial charge >= 0.3 is 0 Å². The Balaban J connectivity index is 1.72. The number of thiazole rings is 1. The van der Waals surface area contributed by atoms with E-state index in [1.54, 1.807) is 7.11 Å². The number of hydrogen-bond acceptors (Lipinski definition) is 5. The van der Waals surface area contributed by atoms with E-state index >= 15 is 0 Å². The van der Waals surface area contributed by atoms with Crippen molar-refractivity contribution in [3.05, 3.63) is 40.4 Å². The number of aromatic nitrogens is 1. The summed E-state index contributed by atoms with van der Waals surface area (Å²) in [5.74, 6) is 2.12. The predicted molar refractivity (Wildman–Crippen MR) is 116 cm³/mol. The fourth-order valence-electron chi connectivity index (χ4n) is 3.46. The first-order valence-corrected chi connectivity index (χ1v) is 10.7. The number of aliphatic hydroxyl groups excluding tert-OH is 1. The van der Waals surface area contributed by atoms with Crippen molar-refractivity contribution in [2.75, 3.05) is 13.7 Å². The van der Waals surface area contributed by atoms with Gasteiger partial charge in [0, 0.05) is 17.0 Å². The number of benzene rings is 1. The summed E-state index contributed by atoms with van der Waals surface area (Å²) >= 11 is 1.47. The molecule has 0 bridgehead atoms. The van der Waals surface area contributed by atoms with Crippen LogP contribution in [0, 0.1) is 11.3 Å². The first-order valence-electron chi connectivity index (χ1n) is 9.78. The molecule has 1 aromatic heterocycles. The van der Waals surface area contributed by atoms with Gasteiger partial charge in [-0.05, 0) is 43.5 Å². The molecule has 0 spiro atoms. The molecule has 3 rings (SSSR count). The molecule has 1 aliphatic heterocycles. The molecule has 28 heavy (non-hydrogen) atoms. The summed E-state index contributed by atoms with van der Waals surface area (Å²) in [6, 6.07) is 7.98. The summed E-state index contributed by atoms with van der Waals surface area (Å²) in [4.78, 5) is 6.68. The van der Waals surface area contributed by atoms with Crippen LogP contribution in [-0.2, 0) is 0 Å². The number of hydrogen-bond donors (Lipinski definition) is 2. The molecule has 5 nitrogen and oxygen atoms in total. The lowest BCUT2D eigenvalue weighted by Crippen LogP contribution is -2.35. The van der Waals surface area contributed by atoms with Gasteiger partial charge < -0.3 is 14.7 Å². The van der Waals surface area contributed by atoms with Crippen molar-refractivity contribution in [1.29, 1.82) is 5.41 Å². The Hall–Kier alpha value is -2.34. The Morgan fingerprint density at radius 2 is 1.93 bits per heavy atom. The van der Waals surface area contributed by atoms with Gasteiger partial charge in [-0.15, -0.1) is 11.3 Å². The van der Waals surface area contributed by atoms with E-state index in [9.17, 15) is 5.11 Å². The highest BCUT2D eigenvalue weighted by Crippen LogP contribution is 2.34. The Morgan fingerprint density at radius 1 is 1.21 bits per heavy atom. The molecule has 1 aromatic carbocycles. The zero-order valence-corrected chi connectivity index (χ0v) is 17.8. The third-order valence-corrected chi connectivity index (χ3v) is 6.03. The first-order chi connectivity index (χ1) is 13.4. The van der Waals surface area contributed by atoms with Crippen molar-refractivity contribution in [3.8, 4) is 17.0 Å². The molecule has 6 heteroatoms. The molecule has 0 saturated carbocycles. The number of methoxy groups -OCH3 is 1. The van der Waals surface area contributed by atoms with E-state index in [2.05, 4.69) is 20.8 Å². The van der Waals surface area contributed by atoms with E-state index in [1.165, 1.54) is 17.8 Å². The highest BCUT2D eigenvalue weighted by molar-refractivity contribution is 7.11. The molecule has 150 valence electrons. The lowest BCUT2D eigenvalue weighted by molar-refractivity contribution is 0.289. The van der Waals surface area contributed by atoms with E-state index < -0.39 is 0 Å². The lowest BCUT2D eigenvalue weighted by Gasteiger charge is -2.26. The minimum absolute atomic E-state index is 0.229. The van der Waals surface area contributed by atoms with Crippen molar-refractivity contribution < 1.29 is 9.84 Å². The van der Waals surface area contributed by atoms with Crippen LogP contribution in [-0.4, -0.2) is 40.5 Å². The van der Waals surface area contributed by atoms with Gasteiger partial charge in [0.25, 0.3) is 0 Å².